The van der Waals surface area contributed by atoms with Crippen LogP contribution in [0.5, 0.6) is 17.2 Å². The Balaban J connectivity index is 1.39. The van der Waals surface area contributed by atoms with Gasteiger partial charge in [0.25, 0.3) is 5.91 Å². The van der Waals surface area contributed by atoms with E-state index >= 15 is 4.79 Å². The summed E-state index contributed by atoms with van der Waals surface area (Å²) in [5, 5.41) is 16.1. The van der Waals surface area contributed by atoms with Crippen LogP contribution in [0.2, 0.25) is 0 Å². The first-order valence-corrected chi connectivity index (χ1v) is 27.9. The zero-order valence-electron chi connectivity index (χ0n) is 49.3. The summed E-state index contributed by atoms with van der Waals surface area (Å²) in [6.45, 7) is 14.9. The van der Waals surface area contributed by atoms with E-state index in [1.165, 1.54) is 27.5 Å². The quantitative estimate of drug-likeness (QED) is 0.0252. The van der Waals surface area contributed by atoms with Gasteiger partial charge in [0.15, 0.2) is 5.82 Å². The van der Waals surface area contributed by atoms with Crippen LogP contribution in [-0.4, -0.2) is 145 Å². The largest absolute Gasteiger partial charge is 0.491 e. The van der Waals surface area contributed by atoms with Crippen molar-refractivity contribution in [2.45, 2.75) is 149 Å². The third kappa shape index (κ3) is 18.5. The van der Waals surface area contributed by atoms with Crippen molar-refractivity contribution < 1.29 is 66.8 Å². The van der Waals surface area contributed by atoms with Crippen LogP contribution in [0.1, 0.15) is 126 Å². The van der Waals surface area contributed by atoms with Gasteiger partial charge in [-0.25, -0.2) is 24.4 Å². The van der Waals surface area contributed by atoms with Crippen LogP contribution in [0.15, 0.2) is 60.7 Å². The number of rotatable bonds is 20. The fraction of sp³-hybridized carbons (Fsp3) is 0.500. The van der Waals surface area contributed by atoms with Crippen LogP contribution in [0, 0.1) is 13.8 Å². The molecule has 1 aliphatic heterocycles. The molecule has 23 heteroatoms. The second kappa shape index (κ2) is 29.0. The molecule has 4 bridgehead atoms. The molecule has 1 fully saturated rings. The summed E-state index contributed by atoms with van der Waals surface area (Å²) in [5.74, 6) is -2.22. The van der Waals surface area contributed by atoms with E-state index < -0.39 is 77.2 Å². The van der Waals surface area contributed by atoms with Crippen LogP contribution in [-0.2, 0) is 44.6 Å². The molecule has 1 aromatic heterocycles. The van der Waals surface area contributed by atoms with Gasteiger partial charge in [-0.15, -0.1) is 0 Å². The number of esters is 1. The molecule has 1 aliphatic carbocycles. The molecule has 0 saturated heterocycles. The summed E-state index contributed by atoms with van der Waals surface area (Å²) < 4.78 is 34.8. The van der Waals surface area contributed by atoms with Gasteiger partial charge in [-0.3, -0.25) is 24.0 Å². The second-order valence-corrected chi connectivity index (χ2v) is 22.4. The minimum Gasteiger partial charge on any atom is -0.491 e. The number of nitrogens with one attached hydrogen (secondary N) is 6. The standard InChI is InChI=1S/C60H79N9O14/c1-35-49(36(2)65-51(64-35)39-18-21-42(22-19-39)81-41-15-13-12-14-16-41)53(72)67-45(25-26-61-34-70)55(74)69(10)50-40-20-24-48(80-30-28-63-58(77)83-60(7,8)9)44(33-40)43-31-38(17-23-47(43)79-29-27-62-57(76)82-59(4,5)6)32-46(56(75)78-11)68-52(71)37(3)66-54(50)73/h17-24,31,33-34,37,41,45-46,50H,12-16,25-30,32H2,1-11H3,(H,61,70)(H,62,76)(H,63,77)(H,66,73)(H,67,72)(H,68,71)/t37-,45-,46-,50-/m0/s1. The molecule has 6 rings (SSSR count). The summed E-state index contributed by atoms with van der Waals surface area (Å²) in [4.78, 5) is 119. The van der Waals surface area contributed by atoms with Crippen molar-refractivity contribution in [3.8, 4) is 39.8 Å². The van der Waals surface area contributed by atoms with Crippen LogP contribution < -0.4 is 46.1 Å². The van der Waals surface area contributed by atoms with Gasteiger partial charge in [-0.2, -0.15) is 0 Å². The molecule has 2 heterocycles. The van der Waals surface area contributed by atoms with Crippen molar-refractivity contribution in [2.75, 3.05) is 47.0 Å². The number of hydrogen-bond acceptors (Lipinski definition) is 16. The van der Waals surface area contributed by atoms with Crippen molar-refractivity contribution in [2.24, 2.45) is 0 Å². The number of ether oxygens (including phenoxy) is 6. The number of benzene rings is 3. The Hall–Kier alpha value is -8.50. The molecule has 1 saturated carbocycles. The van der Waals surface area contributed by atoms with E-state index in [0.717, 1.165) is 36.3 Å². The smallest absolute Gasteiger partial charge is 0.407 e. The highest BCUT2D eigenvalue weighted by Gasteiger charge is 2.37. The lowest BCUT2D eigenvalue weighted by molar-refractivity contribution is -0.145. The third-order valence-electron chi connectivity index (χ3n) is 13.4. The molecular weight excluding hydrogens is 1070 g/mol. The van der Waals surface area contributed by atoms with E-state index in [1.54, 1.807) is 91.8 Å². The van der Waals surface area contributed by atoms with Crippen LogP contribution in [0.25, 0.3) is 22.5 Å². The number of fused-ring (bicyclic) bond motifs is 5. The van der Waals surface area contributed by atoms with E-state index in [9.17, 15) is 33.6 Å². The lowest BCUT2D eigenvalue weighted by atomic mass is 9.93. The maximum absolute atomic E-state index is 15.1. The SMILES string of the molecule is COC(=O)[C@@H]1Cc2ccc(OCCNC(=O)OC(C)(C)C)c(c2)-c2cc(ccc2OCCNC(=O)OC(C)(C)C)[C@H](N(C)C(=O)[C@H](CCNC=O)NC(=O)c2c(C)nc(-c3ccc(OC4CCCCC4)cc3)nc2C)C(=O)N[C@@H](C)C(=O)N1. The van der Waals surface area contributed by atoms with Crippen molar-refractivity contribution in [1.82, 2.24) is 46.8 Å². The first-order valence-electron chi connectivity index (χ1n) is 27.9. The Morgan fingerprint density at radius 1 is 0.759 bits per heavy atom. The van der Waals surface area contributed by atoms with Crippen molar-refractivity contribution >= 4 is 48.2 Å². The minimum absolute atomic E-state index is 0.00182. The van der Waals surface area contributed by atoms with Crippen molar-refractivity contribution in [1.29, 1.82) is 0 Å². The van der Waals surface area contributed by atoms with Gasteiger partial charge >= 0.3 is 18.2 Å². The number of hydrogen-bond donors (Lipinski definition) is 6. The predicted octanol–water partition coefficient (Wildman–Crippen LogP) is 6.10. The van der Waals surface area contributed by atoms with Gasteiger partial charge in [0.05, 0.1) is 43.3 Å². The van der Waals surface area contributed by atoms with Crippen molar-refractivity contribution in [3.63, 3.8) is 0 Å². The molecule has 4 atom stereocenters. The number of carbonyl (C=O) groups is 8. The number of aryl methyl sites for hydroxylation is 2. The Kier molecular flexibility index (Phi) is 22.2. The summed E-state index contributed by atoms with van der Waals surface area (Å²) >= 11 is 0. The average molecular weight is 1150 g/mol. The Labute approximate surface area is 484 Å². The highest BCUT2D eigenvalue weighted by Crippen LogP contribution is 2.40. The van der Waals surface area contributed by atoms with E-state index in [2.05, 4.69) is 41.9 Å². The predicted molar refractivity (Wildman–Crippen MR) is 306 cm³/mol. The minimum atomic E-state index is -1.55. The van der Waals surface area contributed by atoms with Crippen LogP contribution in [0.3, 0.4) is 0 Å². The molecule has 4 aromatic rings. The zero-order chi connectivity index (χ0) is 60.6. The molecule has 2 aliphatic rings. The topological polar surface area (TPSA) is 293 Å². The Bertz CT molecular complexity index is 2950. The highest BCUT2D eigenvalue weighted by molar-refractivity contribution is 6.00. The van der Waals surface area contributed by atoms with Gasteiger partial charge in [-0.1, -0.05) is 18.6 Å². The second-order valence-electron chi connectivity index (χ2n) is 22.4. The first-order chi connectivity index (χ1) is 39.3. The number of carbonyl (C=O) groups excluding carboxylic acids is 8. The molecule has 83 heavy (non-hydrogen) atoms. The van der Waals surface area contributed by atoms with E-state index in [1.807, 2.05) is 24.3 Å². The zero-order valence-corrected chi connectivity index (χ0v) is 49.3. The fourth-order valence-corrected chi connectivity index (χ4v) is 9.51. The average Bonchev–Trinajstić information content (AvgIpc) is 3.17. The number of alkyl carbamates (subject to hydrolysis) is 2. The van der Waals surface area contributed by atoms with Gasteiger partial charge < -0.3 is 65.2 Å². The maximum atomic E-state index is 15.1. The molecule has 6 N–H and O–H groups in total. The molecule has 7 amide bonds. The van der Waals surface area contributed by atoms with Gasteiger partial charge in [-0.05, 0) is 154 Å². The summed E-state index contributed by atoms with van der Waals surface area (Å²) in [6, 6.07) is 11.8. The van der Waals surface area contributed by atoms with Gasteiger partial charge in [0.2, 0.25) is 24.1 Å². The Morgan fingerprint density at radius 2 is 1.34 bits per heavy atom. The number of nitrogens with zero attached hydrogens (tertiary/aromatic N) is 3. The van der Waals surface area contributed by atoms with Gasteiger partial charge in [0, 0.05) is 36.7 Å². The maximum Gasteiger partial charge on any atom is 0.407 e. The molecule has 0 spiro atoms. The van der Waals surface area contributed by atoms with Crippen LogP contribution in [0.4, 0.5) is 9.59 Å². The van der Waals surface area contributed by atoms with Crippen LogP contribution >= 0.6 is 0 Å². The molecule has 0 unspecified atom stereocenters. The number of methoxy groups -OCH3 is 1. The molecule has 23 nitrogen and oxygen atoms in total. The van der Waals surface area contributed by atoms with E-state index in [0.29, 0.717) is 45.9 Å². The van der Waals surface area contributed by atoms with Crippen molar-refractivity contribution in [3.05, 3.63) is 88.7 Å². The summed E-state index contributed by atoms with van der Waals surface area (Å²) in [5.41, 5.74) is 1.34. The number of aromatic nitrogens is 2. The highest BCUT2D eigenvalue weighted by atomic mass is 16.6. The molecule has 0 radical (unpaired) electrons. The summed E-state index contributed by atoms with van der Waals surface area (Å²) in [7, 11) is 2.53. The normalized spacial score (nSPS) is 16.9. The number of likely N-dealkylation sites (N-methyl/N-ethyl adjacent to an activating group) is 1. The molecule has 3 aromatic carbocycles. The first kappa shape index (κ1) is 63.7. The monoisotopic (exact) mass is 1150 g/mol. The van der Waals surface area contributed by atoms with Gasteiger partial charge in [0.1, 0.15) is 65.8 Å². The number of amides is 7. The lowest BCUT2D eigenvalue weighted by Crippen LogP contribution is -2.55. The lowest BCUT2D eigenvalue weighted by Gasteiger charge is -2.32. The van der Waals surface area contributed by atoms with E-state index in [-0.39, 0.29) is 74.4 Å². The Morgan fingerprint density at radius 3 is 1.90 bits per heavy atom. The summed E-state index contributed by atoms with van der Waals surface area (Å²) in [6.07, 6.45) is 4.59. The fourth-order valence-electron chi connectivity index (χ4n) is 9.51. The molecular formula is C60H79N9O14. The van der Waals surface area contributed by atoms with E-state index in [4.69, 9.17) is 28.4 Å². The molecule has 448 valence electrons. The third-order valence-corrected chi connectivity index (χ3v) is 13.4.